The lowest BCUT2D eigenvalue weighted by atomic mass is 9.87. The van der Waals surface area contributed by atoms with E-state index in [1.165, 1.54) is 30.4 Å². The summed E-state index contributed by atoms with van der Waals surface area (Å²) in [6, 6.07) is 0. The standard InChI is InChI=1S/C12H19N3O2S/c1-17-8-12(4-2-3-5-12)7-15-10(16)9-6-14-11(13)18-9/h6H,2-5,7-8H2,1H3,(H2,13,14)(H,15,16). The molecule has 18 heavy (non-hydrogen) atoms. The Morgan fingerprint density at radius 1 is 1.61 bits per heavy atom. The summed E-state index contributed by atoms with van der Waals surface area (Å²) < 4.78 is 5.29. The third kappa shape index (κ3) is 3.00. The fraction of sp³-hybridized carbons (Fsp3) is 0.667. The molecule has 0 spiro atoms. The second-order valence-corrected chi connectivity index (χ2v) is 5.95. The first-order chi connectivity index (χ1) is 8.65. The number of nitrogens with zero attached hydrogens (tertiary/aromatic N) is 1. The van der Waals surface area contributed by atoms with Crippen LogP contribution in [0.15, 0.2) is 6.20 Å². The normalized spacial score (nSPS) is 17.8. The summed E-state index contributed by atoms with van der Waals surface area (Å²) >= 11 is 1.21. The molecule has 0 radical (unpaired) electrons. The van der Waals surface area contributed by atoms with Gasteiger partial charge in [-0.15, -0.1) is 0 Å². The van der Waals surface area contributed by atoms with Crippen molar-refractivity contribution in [1.82, 2.24) is 10.3 Å². The van der Waals surface area contributed by atoms with E-state index in [4.69, 9.17) is 10.5 Å². The van der Waals surface area contributed by atoms with Gasteiger partial charge in [-0.25, -0.2) is 4.98 Å². The van der Waals surface area contributed by atoms with Gasteiger partial charge in [0, 0.05) is 19.1 Å². The first-order valence-electron chi connectivity index (χ1n) is 6.14. The van der Waals surface area contributed by atoms with Gasteiger partial charge < -0.3 is 15.8 Å². The summed E-state index contributed by atoms with van der Waals surface area (Å²) in [4.78, 5) is 16.4. The number of aromatic nitrogens is 1. The SMILES string of the molecule is COCC1(CNC(=O)c2cnc(N)s2)CCCC1. The van der Waals surface area contributed by atoms with Crippen LogP contribution >= 0.6 is 11.3 Å². The average Bonchev–Trinajstić information content (AvgIpc) is 2.97. The second kappa shape index (κ2) is 5.67. The Bertz CT molecular complexity index is 413. The van der Waals surface area contributed by atoms with E-state index < -0.39 is 0 Å². The second-order valence-electron chi connectivity index (χ2n) is 4.89. The van der Waals surface area contributed by atoms with Crippen LogP contribution in [0.5, 0.6) is 0 Å². The summed E-state index contributed by atoms with van der Waals surface area (Å²) in [6.45, 7) is 1.37. The van der Waals surface area contributed by atoms with Crippen molar-refractivity contribution in [2.24, 2.45) is 5.41 Å². The van der Waals surface area contributed by atoms with Crippen molar-refractivity contribution < 1.29 is 9.53 Å². The minimum atomic E-state index is -0.0911. The highest BCUT2D eigenvalue weighted by molar-refractivity contribution is 7.17. The molecule has 3 N–H and O–H groups in total. The van der Waals surface area contributed by atoms with Crippen LogP contribution in [0.4, 0.5) is 5.13 Å². The molecule has 0 bridgehead atoms. The molecular formula is C12H19N3O2S. The molecule has 1 fully saturated rings. The summed E-state index contributed by atoms with van der Waals surface area (Å²) in [5.74, 6) is -0.0911. The van der Waals surface area contributed by atoms with Crippen LogP contribution in [0.3, 0.4) is 0 Å². The molecule has 5 nitrogen and oxygen atoms in total. The first-order valence-corrected chi connectivity index (χ1v) is 6.95. The van der Waals surface area contributed by atoms with Crippen molar-refractivity contribution >= 4 is 22.4 Å². The maximum Gasteiger partial charge on any atom is 0.263 e. The minimum absolute atomic E-state index is 0.0911. The zero-order valence-electron chi connectivity index (χ0n) is 10.6. The molecule has 1 aliphatic carbocycles. The molecule has 1 aromatic heterocycles. The van der Waals surface area contributed by atoms with Gasteiger partial charge in [-0.2, -0.15) is 0 Å². The Morgan fingerprint density at radius 3 is 2.89 bits per heavy atom. The molecule has 6 heteroatoms. The van der Waals surface area contributed by atoms with Crippen LogP contribution in [-0.2, 0) is 4.74 Å². The van der Waals surface area contributed by atoms with Crippen LogP contribution in [0.25, 0.3) is 0 Å². The van der Waals surface area contributed by atoms with Gasteiger partial charge in [0.1, 0.15) is 4.88 Å². The van der Waals surface area contributed by atoms with Gasteiger partial charge in [0.05, 0.1) is 12.8 Å². The number of anilines is 1. The Labute approximate surface area is 111 Å². The predicted octanol–water partition coefficient (Wildman–Crippen LogP) is 1.66. The Morgan fingerprint density at radius 2 is 2.33 bits per heavy atom. The largest absolute Gasteiger partial charge is 0.384 e. The molecular weight excluding hydrogens is 250 g/mol. The fourth-order valence-corrected chi connectivity index (χ4v) is 3.15. The number of nitrogens with two attached hydrogens (primary N) is 1. The number of nitrogen functional groups attached to an aromatic ring is 1. The van der Waals surface area contributed by atoms with Crippen molar-refractivity contribution in [2.45, 2.75) is 25.7 Å². The van der Waals surface area contributed by atoms with E-state index in [1.54, 1.807) is 7.11 Å². The number of carbonyl (C=O) groups excluding carboxylic acids is 1. The minimum Gasteiger partial charge on any atom is -0.384 e. The first kappa shape index (κ1) is 13.3. The summed E-state index contributed by atoms with van der Waals surface area (Å²) in [7, 11) is 1.71. The number of amides is 1. The lowest BCUT2D eigenvalue weighted by Crippen LogP contribution is -2.38. The number of ether oxygens (including phenoxy) is 1. The van der Waals surface area contributed by atoms with Crippen LogP contribution in [0.2, 0.25) is 0 Å². The van der Waals surface area contributed by atoms with Crippen LogP contribution in [-0.4, -0.2) is 31.2 Å². The topological polar surface area (TPSA) is 77.2 Å². The fourth-order valence-electron chi connectivity index (χ4n) is 2.55. The lowest BCUT2D eigenvalue weighted by Gasteiger charge is -2.28. The van der Waals surface area contributed by atoms with Crippen LogP contribution in [0.1, 0.15) is 35.4 Å². The van der Waals surface area contributed by atoms with Gasteiger partial charge in [-0.1, -0.05) is 24.2 Å². The van der Waals surface area contributed by atoms with Gasteiger partial charge in [0.15, 0.2) is 5.13 Å². The number of hydrogen-bond acceptors (Lipinski definition) is 5. The van der Waals surface area contributed by atoms with Gasteiger partial charge >= 0.3 is 0 Å². The van der Waals surface area contributed by atoms with Crippen molar-refractivity contribution in [3.63, 3.8) is 0 Å². The maximum absolute atomic E-state index is 11.9. The average molecular weight is 269 g/mol. The highest BCUT2D eigenvalue weighted by Gasteiger charge is 2.34. The molecule has 100 valence electrons. The number of nitrogens with one attached hydrogen (secondary N) is 1. The highest BCUT2D eigenvalue weighted by atomic mass is 32.1. The van der Waals surface area contributed by atoms with Gasteiger partial charge in [0.25, 0.3) is 5.91 Å². The molecule has 0 atom stereocenters. The summed E-state index contributed by atoms with van der Waals surface area (Å²) in [5, 5.41) is 3.40. The summed E-state index contributed by atoms with van der Waals surface area (Å²) in [5.41, 5.74) is 5.63. The molecule has 2 rings (SSSR count). The van der Waals surface area contributed by atoms with Gasteiger partial charge in [-0.3, -0.25) is 4.79 Å². The smallest absolute Gasteiger partial charge is 0.263 e. The lowest BCUT2D eigenvalue weighted by molar-refractivity contribution is 0.0742. The number of rotatable bonds is 5. The van der Waals surface area contributed by atoms with E-state index in [0.29, 0.717) is 23.2 Å². The highest BCUT2D eigenvalue weighted by Crippen LogP contribution is 2.37. The van der Waals surface area contributed by atoms with E-state index in [9.17, 15) is 4.79 Å². The van der Waals surface area contributed by atoms with Gasteiger partial charge in [0.2, 0.25) is 0 Å². The number of hydrogen-bond donors (Lipinski definition) is 2. The van der Waals surface area contributed by atoms with Crippen LogP contribution in [0, 0.1) is 5.41 Å². The Balaban J connectivity index is 1.91. The van der Waals surface area contributed by atoms with E-state index in [-0.39, 0.29) is 11.3 Å². The quantitative estimate of drug-likeness (QED) is 0.852. The molecule has 0 aromatic carbocycles. The number of carbonyl (C=O) groups is 1. The Hall–Kier alpha value is -1.14. The molecule has 1 aromatic rings. The van der Waals surface area contributed by atoms with Crippen molar-refractivity contribution in [3.05, 3.63) is 11.1 Å². The number of thiazole rings is 1. The predicted molar refractivity (Wildman–Crippen MR) is 71.6 cm³/mol. The Kier molecular flexibility index (Phi) is 4.19. The zero-order chi connectivity index (χ0) is 13.0. The molecule has 0 unspecified atom stereocenters. The van der Waals surface area contributed by atoms with Crippen LogP contribution < -0.4 is 11.1 Å². The molecule has 0 saturated heterocycles. The molecule has 1 aliphatic rings. The van der Waals surface area contributed by atoms with E-state index >= 15 is 0 Å². The van der Waals surface area contributed by atoms with E-state index in [2.05, 4.69) is 10.3 Å². The van der Waals surface area contributed by atoms with Gasteiger partial charge in [-0.05, 0) is 12.8 Å². The molecule has 1 amide bonds. The van der Waals surface area contributed by atoms with E-state index in [0.717, 1.165) is 12.8 Å². The van der Waals surface area contributed by atoms with Crippen molar-refractivity contribution in [3.8, 4) is 0 Å². The monoisotopic (exact) mass is 269 g/mol. The van der Waals surface area contributed by atoms with Crippen molar-refractivity contribution in [2.75, 3.05) is 26.0 Å². The molecule has 1 saturated carbocycles. The summed E-state index contributed by atoms with van der Waals surface area (Å²) in [6.07, 6.45) is 6.18. The maximum atomic E-state index is 11.9. The zero-order valence-corrected chi connectivity index (χ0v) is 11.4. The molecule has 1 heterocycles. The van der Waals surface area contributed by atoms with E-state index in [1.807, 2.05) is 0 Å². The number of methoxy groups -OCH3 is 1. The van der Waals surface area contributed by atoms with Crippen molar-refractivity contribution in [1.29, 1.82) is 0 Å². The third-order valence-electron chi connectivity index (χ3n) is 3.49. The third-order valence-corrected chi connectivity index (χ3v) is 4.31. The molecule has 0 aliphatic heterocycles.